The van der Waals surface area contributed by atoms with Crippen LogP contribution in [0.3, 0.4) is 0 Å². The molecule has 2 aromatic carbocycles. The van der Waals surface area contributed by atoms with Crippen LogP contribution in [0.25, 0.3) is 11.1 Å². The quantitative estimate of drug-likeness (QED) is 0.689. The Hall–Kier alpha value is -2.83. The van der Waals surface area contributed by atoms with Crippen LogP contribution in [0.4, 0.5) is 24.9 Å². The van der Waals surface area contributed by atoms with Gasteiger partial charge in [-0.15, -0.1) is 0 Å². The van der Waals surface area contributed by atoms with Gasteiger partial charge in [-0.3, -0.25) is 4.79 Å². The van der Waals surface area contributed by atoms with Crippen molar-refractivity contribution in [2.45, 2.75) is 27.2 Å². The summed E-state index contributed by atoms with van der Waals surface area (Å²) < 4.78 is 46.6. The number of oxazole rings is 1. The molecule has 0 bridgehead atoms. The Morgan fingerprint density at radius 1 is 1.19 bits per heavy atom. The molecular formula is C19H17F3N2O2. The van der Waals surface area contributed by atoms with E-state index in [1.807, 2.05) is 0 Å². The number of aryl methyl sites for hydroxylation is 1. The first-order valence-electron chi connectivity index (χ1n) is 8.09. The Balaban J connectivity index is 1.93. The number of hydrogen-bond acceptors (Lipinski definition) is 4. The molecule has 1 aromatic heterocycles. The molecule has 0 fully saturated rings. The summed E-state index contributed by atoms with van der Waals surface area (Å²) in [4.78, 5) is 16.0. The molecule has 0 unspecified atom stereocenters. The third-order valence-corrected chi connectivity index (χ3v) is 4.09. The second kappa shape index (κ2) is 6.82. The van der Waals surface area contributed by atoms with Crippen molar-refractivity contribution in [1.29, 1.82) is 0 Å². The first kappa shape index (κ1) is 18.0. The molecule has 26 heavy (non-hydrogen) atoms. The summed E-state index contributed by atoms with van der Waals surface area (Å²) in [5.74, 6) is -2.92. The molecule has 0 spiro atoms. The number of carbonyl (C=O) groups is 1. The number of rotatable bonds is 5. The largest absolute Gasteiger partial charge is 0.420 e. The highest BCUT2D eigenvalue weighted by molar-refractivity contribution is 5.84. The lowest BCUT2D eigenvalue weighted by Crippen LogP contribution is -2.11. The molecule has 7 heteroatoms. The molecule has 0 atom stereocenters. The van der Waals surface area contributed by atoms with Gasteiger partial charge in [0.15, 0.2) is 23.0 Å². The maximum atomic E-state index is 14.6. The zero-order valence-electron chi connectivity index (χ0n) is 14.5. The number of nitrogens with zero attached hydrogens (tertiary/aromatic N) is 1. The predicted octanol–water partition coefficient (Wildman–Crippen LogP) is 5.06. The van der Waals surface area contributed by atoms with Crippen molar-refractivity contribution in [2.24, 2.45) is 5.92 Å². The van der Waals surface area contributed by atoms with E-state index in [1.165, 1.54) is 6.07 Å². The molecule has 0 saturated carbocycles. The Labute approximate surface area is 148 Å². The van der Waals surface area contributed by atoms with Gasteiger partial charge in [-0.25, -0.2) is 13.2 Å². The van der Waals surface area contributed by atoms with Crippen molar-refractivity contribution >= 4 is 28.6 Å². The smallest absolute Gasteiger partial charge is 0.300 e. The molecule has 1 N–H and O–H groups in total. The molecule has 0 aliphatic heterocycles. The van der Waals surface area contributed by atoms with Crippen LogP contribution in [-0.2, 0) is 11.2 Å². The van der Waals surface area contributed by atoms with Gasteiger partial charge in [0.1, 0.15) is 11.3 Å². The Bertz CT molecular complexity index is 996. The van der Waals surface area contributed by atoms with Gasteiger partial charge in [-0.2, -0.15) is 4.98 Å². The average Bonchev–Trinajstić information content (AvgIpc) is 2.98. The third-order valence-electron chi connectivity index (χ3n) is 4.09. The van der Waals surface area contributed by atoms with Crippen LogP contribution in [0.1, 0.15) is 25.0 Å². The second-order valence-corrected chi connectivity index (χ2v) is 6.41. The summed E-state index contributed by atoms with van der Waals surface area (Å²) in [6.07, 6.45) is -0.0365. The minimum absolute atomic E-state index is 0.0365. The molecule has 3 aromatic rings. The number of fused-ring (bicyclic) bond motifs is 1. The van der Waals surface area contributed by atoms with E-state index >= 15 is 0 Å². The molecule has 0 radical (unpaired) electrons. The van der Waals surface area contributed by atoms with Crippen LogP contribution in [-0.4, -0.2) is 10.8 Å². The zero-order valence-corrected chi connectivity index (χ0v) is 14.5. The van der Waals surface area contributed by atoms with Crippen molar-refractivity contribution in [2.75, 3.05) is 5.32 Å². The van der Waals surface area contributed by atoms with E-state index in [0.717, 1.165) is 12.1 Å². The Morgan fingerprint density at radius 2 is 1.88 bits per heavy atom. The van der Waals surface area contributed by atoms with Gasteiger partial charge >= 0.3 is 0 Å². The second-order valence-electron chi connectivity index (χ2n) is 6.41. The zero-order chi connectivity index (χ0) is 19.0. The van der Waals surface area contributed by atoms with Crippen molar-refractivity contribution in [3.63, 3.8) is 0 Å². The first-order chi connectivity index (χ1) is 12.3. The highest BCUT2D eigenvalue weighted by Gasteiger charge is 2.18. The number of aromatic nitrogens is 1. The summed E-state index contributed by atoms with van der Waals surface area (Å²) in [5.41, 5.74) is 1.08. The van der Waals surface area contributed by atoms with Crippen molar-refractivity contribution in [1.82, 2.24) is 4.98 Å². The van der Waals surface area contributed by atoms with Crippen LogP contribution >= 0.6 is 0 Å². The SMILES string of the molecule is Cc1cc(F)c(F)cc1Nc1nc2ccc(CC(=O)C(C)C)c(F)c2o1. The molecule has 4 nitrogen and oxygen atoms in total. The van der Waals surface area contributed by atoms with E-state index in [-0.39, 0.29) is 46.5 Å². The van der Waals surface area contributed by atoms with Gasteiger partial charge in [0, 0.05) is 24.1 Å². The van der Waals surface area contributed by atoms with Crippen LogP contribution in [0.5, 0.6) is 0 Å². The van der Waals surface area contributed by atoms with Crippen molar-refractivity contribution < 1.29 is 22.4 Å². The molecule has 0 aliphatic rings. The number of ketones is 1. The van der Waals surface area contributed by atoms with Crippen molar-refractivity contribution in [3.8, 4) is 0 Å². The van der Waals surface area contributed by atoms with Crippen LogP contribution in [0.15, 0.2) is 28.7 Å². The summed E-state index contributed by atoms with van der Waals surface area (Å²) in [5, 5.41) is 2.72. The number of nitrogens with one attached hydrogen (secondary N) is 1. The van der Waals surface area contributed by atoms with Crippen LogP contribution in [0.2, 0.25) is 0 Å². The molecule has 0 saturated heterocycles. The lowest BCUT2D eigenvalue weighted by molar-refractivity contribution is -0.121. The normalized spacial score (nSPS) is 11.3. The van der Waals surface area contributed by atoms with Gasteiger partial charge in [0.25, 0.3) is 6.01 Å². The fraction of sp³-hybridized carbons (Fsp3) is 0.263. The van der Waals surface area contributed by atoms with E-state index < -0.39 is 17.5 Å². The minimum atomic E-state index is -1.02. The van der Waals surface area contributed by atoms with Crippen LogP contribution in [0, 0.1) is 30.3 Å². The van der Waals surface area contributed by atoms with Gasteiger partial charge < -0.3 is 9.73 Å². The monoisotopic (exact) mass is 362 g/mol. The molecule has 1 heterocycles. The van der Waals surface area contributed by atoms with E-state index in [4.69, 9.17) is 4.42 Å². The van der Waals surface area contributed by atoms with E-state index in [2.05, 4.69) is 10.3 Å². The van der Waals surface area contributed by atoms with Gasteiger partial charge in [0.05, 0.1) is 0 Å². The fourth-order valence-corrected chi connectivity index (χ4v) is 2.48. The lowest BCUT2D eigenvalue weighted by Gasteiger charge is -2.06. The number of Topliss-reactive ketones (excluding diaryl/α,β-unsaturated/α-hetero) is 1. The minimum Gasteiger partial charge on any atom is -0.420 e. The summed E-state index contributed by atoms with van der Waals surface area (Å²) in [6, 6.07) is 5.00. The topological polar surface area (TPSA) is 55.1 Å². The highest BCUT2D eigenvalue weighted by Crippen LogP contribution is 2.28. The molecule has 0 amide bonds. The number of benzene rings is 2. The average molecular weight is 362 g/mol. The third kappa shape index (κ3) is 3.42. The predicted molar refractivity (Wildman–Crippen MR) is 91.9 cm³/mol. The Morgan fingerprint density at radius 3 is 2.58 bits per heavy atom. The lowest BCUT2D eigenvalue weighted by atomic mass is 10.0. The first-order valence-corrected chi connectivity index (χ1v) is 8.09. The molecule has 0 aliphatic carbocycles. The van der Waals surface area contributed by atoms with Crippen molar-refractivity contribution in [3.05, 3.63) is 52.8 Å². The summed E-state index contributed by atoms with van der Waals surface area (Å²) in [7, 11) is 0. The number of halogens is 3. The summed E-state index contributed by atoms with van der Waals surface area (Å²) >= 11 is 0. The highest BCUT2D eigenvalue weighted by atomic mass is 19.2. The van der Waals surface area contributed by atoms with Gasteiger partial charge in [-0.05, 0) is 30.2 Å². The maximum Gasteiger partial charge on any atom is 0.300 e. The maximum absolute atomic E-state index is 14.6. The number of anilines is 2. The van der Waals surface area contributed by atoms with E-state index in [1.54, 1.807) is 26.8 Å². The fourth-order valence-electron chi connectivity index (χ4n) is 2.48. The van der Waals surface area contributed by atoms with Gasteiger partial charge in [-0.1, -0.05) is 19.9 Å². The molecule has 136 valence electrons. The van der Waals surface area contributed by atoms with Gasteiger partial charge in [0.2, 0.25) is 0 Å². The Kier molecular flexibility index (Phi) is 4.71. The summed E-state index contributed by atoms with van der Waals surface area (Å²) in [6.45, 7) is 5.09. The molecular weight excluding hydrogens is 345 g/mol. The van der Waals surface area contributed by atoms with E-state index in [0.29, 0.717) is 5.56 Å². The van der Waals surface area contributed by atoms with Crippen LogP contribution < -0.4 is 5.32 Å². The van der Waals surface area contributed by atoms with E-state index in [9.17, 15) is 18.0 Å². The number of hydrogen-bond donors (Lipinski definition) is 1. The number of carbonyl (C=O) groups excluding carboxylic acids is 1. The molecule has 3 rings (SSSR count). The standard InChI is InChI=1S/C19H17F3N2O2/c1-9(2)16(25)7-11-4-5-14-18(17(11)22)26-19(23-14)24-15-8-13(21)12(20)6-10(15)3/h4-6,8-9H,7H2,1-3H3,(H,23,24).